The fourth-order valence-corrected chi connectivity index (χ4v) is 4.79. The fraction of sp³-hybridized carbons (Fsp3) is 0.667. The van der Waals surface area contributed by atoms with E-state index in [4.69, 9.17) is 0 Å². The lowest BCUT2D eigenvalue weighted by atomic mass is 9.74. The number of halogens is 1. The van der Waals surface area contributed by atoms with E-state index in [-0.39, 0.29) is 23.6 Å². The van der Waals surface area contributed by atoms with E-state index in [0.29, 0.717) is 26.1 Å². The minimum Gasteiger partial charge on any atom is -0.389 e. The van der Waals surface area contributed by atoms with Crippen molar-refractivity contribution < 1.29 is 14.3 Å². The predicted octanol–water partition coefficient (Wildman–Crippen LogP) is 2.72. The van der Waals surface area contributed by atoms with Crippen LogP contribution >= 0.6 is 0 Å². The van der Waals surface area contributed by atoms with E-state index in [0.717, 1.165) is 43.5 Å². The molecule has 2 saturated heterocycles. The van der Waals surface area contributed by atoms with Crippen LogP contribution in [0.15, 0.2) is 18.2 Å². The third-order valence-electron chi connectivity index (χ3n) is 6.63. The molecule has 1 aliphatic carbocycles. The van der Waals surface area contributed by atoms with Crippen LogP contribution in [0, 0.1) is 24.6 Å². The molecule has 3 fully saturated rings. The number of likely N-dealkylation sites (tertiary alicyclic amines) is 2. The zero-order valence-electron chi connectivity index (χ0n) is 15.6. The SMILES string of the molecule is Cc1cc(F)cc(CN2CCC3(O)CCN(C(=O)C4CCC4)CC3C2)c1. The maximum absolute atomic E-state index is 13.7. The van der Waals surface area contributed by atoms with Crippen molar-refractivity contribution in [3.63, 3.8) is 0 Å². The second-order valence-corrected chi connectivity index (χ2v) is 8.58. The molecule has 0 bridgehead atoms. The van der Waals surface area contributed by atoms with E-state index in [1.54, 1.807) is 12.1 Å². The molecular weight excluding hydrogens is 331 g/mol. The zero-order chi connectivity index (χ0) is 18.3. The average Bonchev–Trinajstić information content (AvgIpc) is 2.52. The molecule has 5 heteroatoms. The number of benzene rings is 1. The van der Waals surface area contributed by atoms with Gasteiger partial charge in [-0.25, -0.2) is 4.39 Å². The molecule has 2 aliphatic heterocycles. The normalized spacial score (nSPS) is 30.0. The van der Waals surface area contributed by atoms with Gasteiger partial charge in [-0.05, 0) is 55.9 Å². The quantitative estimate of drug-likeness (QED) is 0.901. The molecule has 0 aromatic heterocycles. The van der Waals surface area contributed by atoms with Crippen molar-refractivity contribution in [2.24, 2.45) is 11.8 Å². The molecule has 1 aromatic rings. The summed E-state index contributed by atoms with van der Waals surface area (Å²) in [6.07, 6.45) is 4.63. The van der Waals surface area contributed by atoms with Crippen molar-refractivity contribution in [1.29, 1.82) is 0 Å². The van der Waals surface area contributed by atoms with Crippen LogP contribution in [0.4, 0.5) is 4.39 Å². The van der Waals surface area contributed by atoms with Gasteiger partial charge in [0, 0.05) is 44.6 Å². The smallest absolute Gasteiger partial charge is 0.225 e. The van der Waals surface area contributed by atoms with Crippen molar-refractivity contribution in [3.05, 3.63) is 35.1 Å². The molecule has 1 N–H and O–H groups in total. The van der Waals surface area contributed by atoms with Crippen molar-refractivity contribution in [3.8, 4) is 0 Å². The van der Waals surface area contributed by atoms with E-state index in [1.807, 2.05) is 17.9 Å². The van der Waals surface area contributed by atoms with Crippen LogP contribution in [0.2, 0.25) is 0 Å². The first kappa shape index (κ1) is 17.9. The number of rotatable bonds is 3. The van der Waals surface area contributed by atoms with Gasteiger partial charge in [0.1, 0.15) is 5.82 Å². The van der Waals surface area contributed by atoms with Crippen LogP contribution in [0.5, 0.6) is 0 Å². The zero-order valence-corrected chi connectivity index (χ0v) is 15.6. The van der Waals surface area contributed by atoms with Crippen LogP contribution < -0.4 is 0 Å². The van der Waals surface area contributed by atoms with E-state index in [9.17, 15) is 14.3 Å². The molecule has 1 saturated carbocycles. The van der Waals surface area contributed by atoms with Crippen LogP contribution in [-0.4, -0.2) is 52.6 Å². The summed E-state index contributed by atoms with van der Waals surface area (Å²) in [4.78, 5) is 16.9. The summed E-state index contributed by atoms with van der Waals surface area (Å²) in [6.45, 7) is 5.53. The number of carbonyl (C=O) groups is 1. The summed E-state index contributed by atoms with van der Waals surface area (Å²) in [5.41, 5.74) is 1.26. The first-order valence-electron chi connectivity index (χ1n) is 9.92. The van der Waals surface area contributed by atoms with Gasteiger partial charge in [-0.15, -0.1) is 0 Å². The van der Waals surface area contributed by atoms with E-state index in [1.165, 1.54) is 6.42 Å². The Morgan fingerprint density at radius 1 is 1.23 bits per heavy atom. The Morgan fingerprint density at radius 2 is 2.00 bits per heavy atom. The van der Waals surface area contributed by atoms with Gasteiger partial charge in [0.05, 0.1) is 5.60 Å². The molecule has 1 aromatic carbocycles. The van der Waals surface area contributed by atoms with Crippen molar-refractivity contribution in [2.75, 3.05) is 26.2 Å². The summed E-state index contributed by atoms with van der Waals surface area (Å²) in [5, 5.41) is 11.0. The second kappa shape index (κ2) is 6.93. The monoisotopic (exact) mass is 360 g/mol. The average molecular weight is 360 g/mol. The molecule has 0 spiro atoms. The maximum Gasteiger partial charge on any atom is 0.225 e. The minimum absolute atomic E-state index is 0.0867. The Kier molecular flexibility index (Phi) is 4.78. The van der Waals surface area contributed by atoms with Crippen molar-refractivity contribution >= 4 is 5.91 Å². The first-order chi connectivity index (χ1) is 12.4. The molecule has 4 nitrogen and oxygen atoms in total. The number of aryl methyl sites for hydroxylation is 1. The predicted molar refractivity (Wildman–Crippen MR) is 98.0 cm³/mol. The molecule has 2 atom stereocenters. The summed E-state index contributed by atoms with van der Waals surface area (Å²) < 4.78 is 13.7. The highest BCUT2D eigenvalue weighted by atomic mass is 19.1. The maximum atomic E-state index is 13.7. The Labute approximate surface area is 155 Å². The Morgan fingerprint density at radius 3 is 2.69 bits per heavy atom. The van der Waals surface area contributed by atoms with E-state index >= 15 is 0 Å². The highest BCUT2D eigenvalue weighted by Crippen LogP contribution is 2.38. The van der Waals surface area contributed by atoms with Gasteiger partial charge in [0.2, 0.25) is 5.91 Å². The second-order valence-electron chi connectivity index (χ2n) is 8.58. The van der Waals surface area contributed by atoms with Gasteiger partial charge in [0.15, 0.2) is 0 Å². The molecule has 26 heavy (non-hydrogen) atoms. The summed E-state index contributed by atoms with van der Waals surface area (Å²) in [5.74, 6) is 0.402. The van der Waals surface area contributed by atoms with Gasteiger partial charge >= 0.3 is 0 Å². The third kappa shape index (κ3) is 3.52. The lowest BCUT2D eigenvalue weighted by Gasteiger charge is -2.51. The van der Waals surface area contributed by atoms with Gasteiger partial charge in [-0.2, -0.15) is 0 Å². The standard InChI is InChI=1S/C21H29FN2O2/c1-15-9-16(11-19(22)10-15)12-23-7-5-21(26)6-8-24(14-18(21)13-23)20(25)17-3-2-4-17/h9-11,17-18,26H,2-8,12-14H2,1H3. The van der Waals surface area contributed by atoms with Crippen LogP contribution in [0.3, 0.4) is 0 Å². The lowest BCUT2D eigenvalue weighted by Crippen LogP contribution is -2.61. The number of fused-ring (bicyclic) bond motifs is 1. The first-order valence-corrected chi connectivity index (χ1v) is 9.92. The molecular formula is C21H29FN2O2. The molecule has 2 unspecified atom stereocenters. The van der Waals surface area contributed by atoms with Crippen molar-refractivity contribution in [2.45, 2.75) is 51.2 Å². The summed E-state index contributed by atoms with van der Waals surface area (Å²) in [7, 11) is 0. The lowest BCUT2D eigenvalue weighted by molar-refractivity contribution is -0.153. The Balaban J connectivity index is 1.41. The number of hydrogen-bond acceptors (Lipinski definition) is 3. The third-order valence-corrected chi connectivity index (χ3v) is 6.63. The van der Waals surface area contributed by atoms with E-state index < -0.39 is 5.60 Å². The number of piperidine rings is 2. The highest BCUT2D eigenvalue weighted by Gasteiger charge is 2.46. The van der Waals surface area contributed by atoms with Crippen molar-refractivity contribution in [1.82, 2.24) is 9.80 Å². The number of hydrogen-bond donors (Lipinski definition) is 1. The van der Waals surface area contributed by atoms with E-state index in [2.05, 4.69) is 4.90 Å². The van der Waals surface area contributed by atoms with Crippen LogP contribution in [-0.2, 0) is 11.3 Å². The Bertz CT molecular complexity index is 670. The van der Waals surface area contributed by atoms with Gasteiger partial charge in [-0.1, -0.05) is 12.5 Å². The molecule has 3 aliphatic rings. The molecule has 1 amide bonds. The number of amides is 1. The Hall–Kier alpha value is -1.46. The number of carbonyl (C=O) groups excluding carboxylic acids is 1. The highest BCUT2D eigenvalue weighted by molar-refractivity contribution is 5.79. The number of nitrogens with zero attached hydrogens (tertiary/aromatic N) is 2. The number of aliphatic hydroxyl groups is 1. The summed E-state index contributed by atoms with van der Waals surface area (Å²) in [6, 6.07) is 5.17. The molecule has 4 rings (SSSR count). The molecule has 142 valence electrons. The van der Waals surface area contributed by atoms with Gasteiger partial charge in [0.25, 0.3) is 0 Å². The molecule has 2 heterocycles. The van der Waals surface area contributed by atoms with Crippen LogP contribution in [0.25, 0.3) is 0 Å². The summed E-state index contributed by atoms with van der Waals surface area (Å²) >= 11 is 0. The van der Waals surface area contributed by atoms with Gasteiger partial charge < -0.3 is 10.0 Å². The molecule has 0 radical (unpaired) electrons. The topological polar surface area (TPSA) is 43.8 Å². The van der Waals surface area contributed by atoms with Crippen LogP contribution in [0.1, 0.15) is 43.2 Å². The fourth-order valence-electron chi connectivity index (χ4n) is 4.79. The minimum atomic E-state index is -0.648. The largest absolute Gasteiger partial charge is 0.389 e. The van der Waals surface area contributed by atoms with Gasteiger partial charge in [-0.3, -0.25) is 9.69 Å².